The zero-order chi connectivity index (χ0) is 25.0. The Balaban J connectivity index is 1.57. The summed E-state index contributed by atoms with van der Waals surface area (Å²) in [6.07, 6.45) is 0. The second-order valence-electron chi connectivity index (χ2n) is 7.69. The van der Waals surface area contributed by atoms with Crippen LogP contribution in [0.1, 0.15) is 15.9 Å². The Morgan fingerprint density at radius 1 is 0.771 bits per heavy atom. The van der Waals surface area contributed by atoms with Gasteiger partial charge in [0.2, 0.25) is 0 Å². The van der Waals surface area contributed by atoms with Crippen molar-refractivity contribution in [3.05, 3.63) is 96.1 Å². The van der Waals surface area contributed by atoms with Crippen LogP contribution in [-0.2, 0) is 14.9 Å². The Labute approximate surface area is 202 Å². The normalized spacial score (nSPS) is 11.0. The number of carbonyl (C=O) groups is 2. The lowest BCUT2D eigenvalue weighted by Crippen LogP contribution is -2.20. The van der Waals surface area contributed by atoms with Crippen molar-refractivity contribution in [2.24, 2.45) is 0 Å². The summed E-state index contributed by atoms with van der Waals surface area (Å²) in [5.41, 5.74) is 1.71. The highest BCUT2D eigenvalue weighted by Gasteiger charge is 2.23. The van der Waals surface area contributed by atoms with Gasteiger partial charge in [-0.05, 0) is 60.2 Å². The maximum absolute atomic E-state index is 12.9. The molecule has 0 aliphatic heterocycles. The van der Waals surface area contributed by atoms with Gasteiger partial charge in [0.1, 0.15) is 10.5 Å². The molecule has 0 aromatic heterocycles. The van der Waals surface area contributed by atoms with E-state index in [1.807, 2.05) is 31.2 Å². The van der Waals surface area contributed by atoms with Crippen LogP contribution in [0.25, 0.3) is 10.8 Å². The average molecular weight is 491 g/mol. The summed E-state index contributed by atoms with van der Waals surface area (Å²) >= 11 is 0. The van der Waals surface area contributed by atoms with Crippen molar-refractivity contribution < 1.29 is 26.9 Å². The molecule has 2 amide bonds. The molecule has 35 heavy (non-hydrogen) atoms. The zero-order valence-electron chi connectivity index (χ0n) is 18.9. The van der Waals surface area contributed by atoms with Crippen molar-refractivity contribution >= 4 is 44.3 Å². The average Bonchev–Trinajstić information content (AvgIpc) is 2.85. The first-order chi connectivity index (χ1) is 16.7. The van der Waals surface area contributed by atoms with Gasteiger partial charge in [-0.3, -0.25) is 0 Å². The predicted octanol–water partition coefficient (Wildman–Crippen LogP) is 5.35. The lowest BCUT2D eigenvalue weighted by atomic mass is 10.1. The molecule has 0 aliphatic rings. The van der Waals surface area contributed by atoms with Gasteiger partial charge in [0.05, 0.1) is 7.11 Å². The second kappa shape index (κ2) is 9.86. The van der Waals surface area contributed by atoms with Crippen LogP contribution < -0.4 is 14.8 Å². The van der Waals surface area contributed by atoms with E-state index in [0.717, 1.165) is 23.4 Å². The number of anilines is 2. The van der Waals surface area contributed by atoms with E-state index in [1.54, 1.807) is 30.3 Å². The SMILES string of the molecule is COC(=O)c1cc(NC(=O)Nc2ccc(C)cc2)ccc1OS(=O)(=O)c1ccc2ccccc2c1. The largest absolute Gasteiger partial charge is 0.465 e. The second-order valence-corrected chi connectivity index (χ2v) is 9.24. The number of fused-ring (bicyclic) bond motifs is 1. The molecule has 0 bridgehead atoms. The minimum Gasteiger partial charge on any atom is -0.465 e. The molecular formula is C26H22N2O6S. The van der Waals surface area contributed by atoms with Crippen molar-refractivity contribution in [3.8, 4) is 5.75 Å². The van der Waals surface area contributed by atoms with Gasteiger partial charge in [0.25, 0.3) is 0 Å². The highest BCUT2D eigenvalue weighted by Crippen LogP contribution is 2.28. The Morgan fingerprint density at radius 3 is 2.14 bits per heavy atom. The van der Waals surface area contributed by atoms with Crippen LogP contribution in [0, 0.1) is 6.92 Å². The van der Waals surface area contributed by atoms with Gasteiger partial charge in [0.15, 0.2) is 5.75 Å². The summed E-state index contributed by atoms with van der Waals surface area (Å²) in [6, 6.07) is 22.6. The quantitative estimate of drug-likeness (QED) is 0.279. The summed E-state index contributed by atoms with van der Waals surface area (Å²) in [7, 11) is -3.10. The summed E-state index contributed by atoms with van der Waals surface area (Å²) in [6.45, 7) is 1.93. The van der Waals surface area contributed by atoms with Crippen LogP contribution in [0.3, 0.4) is 0 Å². The third-order valence-electron chi connectivity index (χ3n) is 5.16. The number of esters is 1. The molecule has 4 aromatic rings. The Morgan fingerprint density at radius 2 is 1.43 bits per heavy atom. The molecule has 0 fully saturated rings. The highest BCUT2D eigenvalue weighted by molar-refractivity contribution is 7.87. The number of benzene rings is 4. The molecular weight excluding hydrogens is 468 g/mol. The van der Waals surface area contributed by atoms with Gasteiger partial charge >= 0.3 is 22.1 Å². The molecule has 4 aromatic carbocycles. The number of nitrogens with one attached hydrogen (secondary N) is 2. The molecule has 0 saturated carbocycles. The fraction of sp³-hybridized carbons (Fsp3) is 0.0769. The van der Waals surface area contributed by atoms with Crippen molar-refractivity contribution in [3.63, 3.8) is 0 Å². The smallest absolute Gasteiger partial charge is 0.341 e. The molecule has 4 rings (SSSR count). The van der Waals surface area contributed by atoms with Crippen LogP contribution >= 0.6 is 0 Å². The van der Waals surface area contributed by atoms with Crippen molar-refractivity contribution in [1.82, 2.24) is 0 Å². The van der Waals surface area contributed by atoms with Gasteiger partial charge in [0, 0.05) is 11.4 Å². The van der Waals surface area contributed by atoms with E-state index >= 15 is 0 Å². The Hall–Kier alpha value is -4.37. The number of carbonyl (C=O) groups excluding carboxylic acids is 2. The molecule has 0 unspecified atom stereocenters. The molecule has 0 heterocycles. The van der Waals surface area contributed by atoms with Gasteiger partial charge in [-0.1, -0.05) is 48.0 Å². The predicted molar refractivity (Wildman–Crippen MR) is 133 cm³/mol. The summed E-state index contributed by atoms with van der Waals surface area (Å²) in [5, 5.41) is 6.88. The highest BCUT2D eigenvalue weighted by atomic mass is 32.2. The molecule has 0 spiro atoms. The maximum Gasteiger partial charge on any atom is 0.341 e. The fourth-order valence-electron chi connectivity index (χ4n) is 3.37. The van der Waals surface area contributed by atoms with Crippen LogP contribution in [0.2, 0.25) is 0 Å². The number of hydrogen-bond acceptors (Lipinski definition) is 6. The van der Waals surface area contributed by atoms with E-state index in [4.69, 9.17) is 8.92 Å². The number of aryl methyl sites for hydroxylation is 1. The molecule has 178 valence electrons. The number of methoxy groups -OCH3 is 1. The molecule has 0 radical (unpaired) electrons. The molecule has 0 atom stereocenters. The number of ether oxygens (including phenoxy) is 1. The topological polar surface area (TPSA) is 111 Å². The fourth-order valence-corrected chi connectivity index (χ4v) is 4.35. The van der Waals surface area contributed by atoms with E-state index in [9.17, 15) is 18.0 Å². The van der Waals surface area contributed by atoms with E-state index in [0.29, 0.717) is 5.69 Å². The van der Waals surface area contributed by atoms with Gasteiger partial charge in [-0.25, -0.2) is 9.59 Å². The molecule has 0 aliphatic carbocycles. The monoisotopic (exact) mass is 490 g/mol. The Bertz CT molecular complexity index is 1510. The van der Waals surface area contributed by atoms with Crippen molar-refractivity contribution in [2.45, 2.75) is 11.8 Å². The maximum atomic E-state index is 12.9. The summed E-state index contributed by atoms with van der Waals surface area (Å²) in [4.78, 5) is 24.7. The first-order valence-electron chi connectivity index (χ1n) is 10.6. The molecule has 2 N–H and O–H groups in total. The van der Waals surface area contributed by atoms with E-state index < -0.39 is 22.1 Å². The van der Waals surface area contributed by atoms with Gasteiger partial charge in [-0.15, -0.1) is 0 Å². The minimum absolute atomic E-state index is 0.0632. The number of amides is 2. The number of urea groups is 1. The molecule has 0 saturated heterocycles. The van der Waals surface area contributed by atoms with Crippen LogP contribution in [0.15, 0.2) is 89.8 Å². The standard InChI is InChI=1S/C26H22N2O6S/c1-17-7-10-20(11-8-17)27-26(30)28-21-12-14-24(23(16-21)25(29)33-2)34-35(31,32)22-13-9-18-5-3-4-6-19(18)15-22/h3-16H,1-2H3,(H2,27,28,30). The summed E-state index contributed by atoms with van der Waals surface area (Å²) < 4.78 is 36.0. The lowest BCUT2D eigenvalue weighted by Gasteiger charge is -2.13. The van der Waals surface area contributed by atoms with E-state index in [1.165, 1.54) is 30.3 Å². The van der Waals surface area contributed by atoms with E-state index in [-0.39, 0.29) is 21.9 Å². The van der Waals surface area contributed by atoms with Crippen molar-refractivity contribution in [2.75, 3.05) is 17.7 Å². The zero-order valence-corrected chi connectivity index (χ0v) is 19.8. The van der Waals surface area contributed by atoms with Crippen LogP contribution in [0.4, 0.5) is 16.2 Å². The number of hydrogen-bond donors (Lipinski definition) is 2. The molecule has 9 heteroatoms. The van der Waals surface area contributed by atoms with Crippen LogP contribution in [0.5, 0.6) is 5.75 Å². The summed E-state index contributed by atoms with van der Waals surface area (Å²) in [5.74, 6) is -1.05. The molecule has 8 nitrogen and oxygen atoms in total. The Kier molecular flexibility index (Phi) is 6.70. The third-order valence-corrected chi connectivity index (χ3v) is 6.39. The van der Waals surface area contributed by atoms with E-state index in [2.05, 4.69) is 10.6 Å². The lowest BCUT2D eigenvalue weighted by molar-refractivity contribution is 0.0599. The minimum atomic E-state index is -4.26. The third kappa shape index (κ3) is 5.59. The van der Waals surface area contributed by atoms with Gasteiger partial charge < -0.3 is 19.6 Å². The first kappa shape index (κ1) is 23.8. The number of rotatable bonds is 6. The van der Waals surface area contributed by atoms with Gasteiger partial charge in [-0.2, -0.15) is 8.42 Å². The first-order valence-corrected chi connectivity index (χ1v) is 12.0. The van der Waals surface area contributed by atoms with Crippen LogP contribution in [-0.4, -0.2) is 27.5 Å². The van der Waals surface area contributed by atoms with Crippen molar-refractivity contribution in [1.29, 1.82) is 0 Å².